The van der Waals surface area contributed by atoms with Crippen molar-refractivity contribution in [2.45, 2.75) is 42.9 Å². The number of fused-ring (bicyclic) bond motifs is 1. The number of rotatable bonds is 11. The van der Waals surface area contributed by atoms with Gasteiger partial charge in [0.05, 0.1) is 6.42 Å². The maximum absolute atomic E-state index is 12.5. The summed E-state index contributed by atoms with van der Waals surface area (Å²) >= 11 is 8.00. The highest BCUT2D eigenvalue weighted by Crippen LogP contribution is 2.42. The molecule has 0 aliphatic carbocycles. The Kier molecular flexibility index (Phi) is 9.48. The van der Waals surface area contributed by atoms with E-state index in [1.807, 2.05) is 36.4 Å². The largest absolute Gasteiger partial charge is 0.481 e. The zero-order chi connectivity index (χ0) is 27.1. The smallest absolute Gasteiger partial charge is 0.305 e. The van der Waals surface area contributed by atoms with E-state index in [0.717, 1.165) is 18.4 Å². The summed E-state index contributed by atoms with van der Waals surface area (Å²) in [5.41, 5.74) is 4.12. The van der Waals surface area contributed by atoms with Crippen LogP contribution in [0.5, 0.6) is 0 Å². The van der Waals surface area contributed by atoms with E-state index in [4.69, 9.17) is 16.7 Å². The van der Waals surface area contributed by atoms with E-state index < -0.39 is 5.97 Å². The van der Waals surface area contributed by atoms with Gasteiger partial charge in [-0.1, -0.05) is 73.5 Å². The molecule has 2 atom stereocenters. The van der Waals surface area contributed by atoms with Gasteiger partial charge in [-0.3, -0.25) is 9.59 Å². The van der Waals surface area contributed by atoms with Crippen molar-refractivity contribution in [3.63, 3.8) is 0 Å². The van der Waals surface area contributed by atoms with Gasteiger partial charge in [0.2, 0.25) is 0 Å². The van der Waals surface area contributed by atoms with Crippen molar-refractivity contribution in [1.29, 1.82) is 0 Å². The van der Waals surface area contributed by atoms with Gasteiger partial charge in [0.25, 0.3) is 5.91 Å². The lowest BCUT2D eigenvalue weighted by Gasteiger charge is -2.29. The third-order valence-electron chi connectivity index (χ3n) is 6.89. The molecule has 0 fully saturated rings. The second-order valence-electron chi connectivity index (χ2n) is 9.42. The van der Waals surface area contributed by atoms with E-state index >= 15 is 0 Å². The molecule has 38 heavy (non-hydrogen) atoms. The average molecular weight is 546 g/mol. The number of carbonyl (C=O) groups excluding carboxylic acids is 1. The number of carboxylic acids is 1. The third-order valence-corrected chi connectivity index (χ3v) is 7.86. The average Bonchev–Trinajstić information content (AvgIpc) is 2.93. The van der Waals surface area contributed by atoms with Gasteiger partial charge in [0.15, 0.2) is 0 Å². The molecule has 4 nitrogen and oxygen atoms in total. The molecule has 0 radical (unpaired) electrons. The Morgan fingerprint density at radius 2 is 1.50 bits per heavy atom. The van der Waals surface area contributed by atoms with E-state index in [2.05, 4.69) is 67.0 Å². The summed E-state index contributed by atoms with van der Waals surface area (Å²) in [6.45, 7) is 2.30. The highest BCUT2D eigenvalue weighted by molar-refractivity contribution is 7.98. The van der Waals surface area contributed by atoms with E-state index in [1.54, 1.807) is 11.8 Å². The molecule has 0 aliphatic heterocycles. The fourth-order valence-electron chi connectivity index (χ4n) is 4.99. The van der Waals surface area contributed by atoms with Gasteiger partial charge >= 0.3 is 5.97 Å². The van der Waals surface area contributed by atoms with Crippen LogP contribution in [0.25, 0.3) is 10.8 Å². The summed E-state index contributed by atoms with van der Waals surface area (Å²) in [5, 5.41) is 14.6. The maximum Gasteiger partial charge on any atom is 0.305 e. The predicted octanol–water partition coefficient (Wildman–Crippen LogP) is 8.14. The lowest BCUT2D eigenvalue weighted by Crippen LogP contribution is -2.26. The molecule has 0 aliphatic rings. The van der Waals surface area contributed by atoms with Crippen molar-refractivity contribution in [3.8, 4) is 0 Å². The van der Waals surface area contributed by atoms with Gasteiger partial charge in [0, 0.05) is 27.9 Å². The van der Waals surface area contributed by atoms with Gasteiger partial charge in [-0.15, -0.1) is 11.8 Å². The number of carboxylic acid groups (broad SMARTS) is 1. The van der Waals surface area contributed by atoms with E-state index in [9.17, 15) is 9.59 Å². The van der Waals surface area contributed by atoms with Crippen LogP contribution in [0.4, 0.5) is 0 Å². The Bertz CT molecular complexity index is 1400. The first-order chi connectivity index (χ1) is 18.4. The van der Waals surface area contributed by atoms with Crippen LogP contribution in [0.15, 0.2) is 89.8 Å². The van der Waals surface area contributed by atoms with Crippen molar-refractivity contribution in [2.75, 3.05) is 12.8 Å². The Hall–Kier alpha value is -3.28. The minimum absolute atomic E-state index is 0.102. The molecule has 6 heteroatoms. The highest BCUT2D eigenvalue weighted by atomic mass is 35.5. The quantitative estimate of drug-likeness (QED) is 0.187. The number of carbonyl (C=O) groups is 2. The van der Waals surface area contributed by atoms with Crippen molar-refractivity contribution in [2.24, 2.45) is 0 Å². The second-order valence-corrected chi connectivity index (χ2v) is 10.7. The molecule has 0 bridgehead atoms. The molecule has 1 amide bonds. The van der Waals surface area contributed by atoms with Crippen LogP contribution in [-0.2, 0) is 4.79 Å². The van der Waals surface area contributed by atoms with Crippen molar-refractivity contribution < 1.29 is 14.7 Å². The van der Waals surface area contributed by atoms with Crippen LogP contribution >= 0.6 is 23.4 Å². The summed E-state index contributed by atoms with van der Waals surface area (Å²) in [5.74, 6) is -0.909. The SMILES string of the molecule is CCCC(c1ccc(C(=O)NCCC(=O)O)cc1)C(c1ccc(Cl)cc1)c1ccc2cc(SC)ccc2c1. The molecular formula is C32H32ClNO3S. The highest BCUT2D eigenvalue weighted by Gasteiger charge is 2.26. The summed E-state index contributed by atoms with van der Waals surface area (Å²) in [7, 11) is 0. The number of hydrogen-bond donors (Lipinski definition) is 2. The van der Waals surface area contributed by atoms with Crippen LogP contribution in [0, 0.1) is 0 Å². The number of hydrogen-bond acceptors (Lipinski definition) is 3. The van der Waals surface area contributed by atoms with Gasteiger partial charge in [-0.25, -0.2) is 0 Å². The Labute approximate surface area is 233 Å². The van der Waals surface area contributed by atoms with Crippen LogP contribution in [-0.4, -0.2) is 29.8 Å². The molecule has 4 aromatic carbocycles. The molecule has 4 rings (SSSR count). The molecule has 2 unspecified atom stereocenters. The molecule has 2 N–H and O–H groups in total. The Morgan fingerprint density at radius 1 is 0.868 bits per heavy atom. The lowest BCUT2D eigenvalue weighted by atomic mass is 9.74. The monoisotopic (exact) mass is 545 g/mol. The number of amides is 1. The van der Waals surface area contributed by atoms with Gasteiger partial charge in [-0.2, -0.15) is 0 Å². The normalized spacial score (nSPS) is 12.7. The summed E-state index contributed by atoms with van der Waals surface area (Å²) < 4.78 is 0. The van der Waals surface area contributed by atoms with Crippen LogP contribution in [0.3, 0.4) is 0 Å². The standard InChI is InChI=1S/C32H32ClNO3S/c1-3-4-29(21-5-7-23(8-6-21)32(37)34-18-17-30(35)36)31(22-11-14-27(33)15-12-22)26-10-9-25-20-28(38-2)16-13-24(25)19-26/h5-16,19-20,29,31H,3-4,17-18H2,1-2H3,(H,34,37)(H,35,36). The van der Waals surface area contributed by atoms with E-state index in [-0.39, 0.29) is 30.7 Å². The zero-order valence-corrected chi connectivity index (χ0v) is 23.2. The first-order valence-electron chi connectivity index (χ1n) is 12.8. The summed E-state index contributed by atoms with van der Waals surface area (Å²) in [4.78, 5) is 24.5. The van der Waals surface area contributed by atoms with E-state index in [0.29, 0.717) is 10.6 Å². The van der Waals surface area contributed by atoms with Gasteiger partial charge in [0.1, 0.15) is 0 Å². The predicted molar refractivity (Wildman–Crippen MR) is 158 cm³/mol. The molecule has 196 valence electrons. The number of benzene rings is 4. The fourth-order valence-corrected chi connectivity index (χ4v) is 5.57. The molecule has 0 heterocycles. The van der Waals surface area contributed by atoms with Crippen molar-refractivity contribution in [3.05, 3.63) is 112 Å². The molecule has 0 spiro atoms. The fraction of sp³-hybridized carbons (Fsp3) is 0.250. The zero-order valence-electron chi connectivity index (χ0n) is 21.6. The summed E-state index contributed by atoms with van der Waals surface area (Å²) in [6, 6.07) is 29.2. The number of halogens is 1. The van der Waals surface area contributed by atoms with Gasteiger partial charge < -0.3 is 10.4 Å². The maximum atomic E-state index is 12.5. The minimum atomic E-state index is -0.935. The van der Waals surface area contributed by atoms with Crippen LogP contribution in [0.1, 0.15) is 65.1 Å². The first-order valence-corrected chi connectivity index (χ1v) is 14.4. The lowest BCUT2D eigenvalue weighted by molar-refractivity contribution is -0.136. The van der Waals surface area contributed by atoms with Crippen molar-refractivity contribution >= 4 is 46.0 Å². The van der Waals surface area contributed by atoms with Crippen LogP contribution in [0.2, 0.25) is 5.02 Å². The van der Waals surface area contributed by atoms with Crippen LogP contribution < -0.4 is 5.32 Å². The molecular weight excluding hydrogens is 514 g/mol. The second kappa shape index (κ2) is 13.0. The summed E-state index contributed by atoms with van der Waals surface area (Å²) in [6.07, 6.45) is 3.97. The minimum Gasteiger partial charge on any atom is -0.481 e. The molecule has 0 saturated heterocycles. The number of aliphatic carboxylic acids is 1. The first kappa shape index (κ1) is 27.7. The van der Waals surface area contributed by atoms with Crippen molar-refractivity contribution in [1.82, 2.24) is 5.32 Å². The Morgan fingerprint density at radius 3 is 2.16 bits per heavy atom. The number of nitrogens with one attached hydrogen (secondary N) is 1. The molecule has 0 saturated carbocycles. The Balaban J connectivity index is 1.71. The topological polar surface area (TPSA) is 66.4 Å². The molecule has 4 aromatic rings. The van der Waals surface area contributed by atoms with E-state index in [1.165, 1.54) is 26.8 Å². The molecule has 0 aromatic heterocycles. The third kappa shape index (κ3) is 6.77. The number of thioether (sulfide) groups is 1. The van der Waals surface area contributed by atoms with Gasteiger partial charge in [-0.05, 0) is 82.5 Å².